The van der Waals surface area contributed by atoms with Crippen LogP contribution < -0.4 is 21.7 Å². The first-order chi connectivity index (χ1) is 10.7. The number of thioether (sulfide) groups is 1. The van der Waals surface area contributed by atoms with E-state index in [2.05, 4.69) is 16.4 Å². The second-order valence-corrected chi connectivity index (χ2v) is 7.02. The average Bonchev–Trinajstić information content (AvgIpc) is 2.85. The number of benzene rings is 1. The standard InChI is InChI=1S/C17H25N2O2S.BrH/c1-3-4-11-19-16-18(10-5-12-22-16)13-17(19,20)14-6-8-15(21-2)9-7-14;/h6-9,20H,3-5,10-13H2,1-2H3;1H/q+1;/p-1. The first kappa shape index (κ1) is 18.6. The number of methoxy groups -OCH3 is 1. The lowest BCUT2D eigenvalue weighted by atomic mass is 10.0. The second kappa shape index (κ2) is 7.90. The van der Waals surface area contributed by atoms with Gasteiger partial charge in [-0.25, -0.2) is 9.48 Å². The Morgan fingerprint density at radius 3 is 2.74 bits per heavy atom. The molecule has 128 valence electrons. The van der Waals surface area contributed by atoms with Crippen LogP contribution in [0, 0.1) is 0 Å². The first-order valence-corrected chi connectivity index (χ1v) is 9.07. The van der Waals surface area contributed by atoms with Crippen LogP contribution >= 0.6 is 11.8 Å². The van der Waals surface area contributed by atoms with Crippen LogP contribution in [-0.2, 0) is 5.72 Å². The van der Waals surface area contributed by atoms with Crippen LogP contribution in [0.1, 0.15) is 31.7 Å². The molecular formula is C17H25BrN2O2S. The smallest absolute Gasteiger partial charge is 0.311 e. The molecule has 0 aliphatic carbocycles. The van der Waals surface area contributed by atoms with Crippen molar-refractivity contribution in [3.05, 3.63) is 29.8 Å². The van der Waals surface area contributed by atoms with Crippen LogP contribution in [0.5, 0.6) is 5.75 Å². The molecule has 1 aromatic rings. The first-order valence-electron chi connectivity index (χ1n) is 8.08. The van der Waals surface area contributed by atoms with Gasteiger partial charge in [-0.05, 0) is 48.9 Å². The quantitative estimate of drug-likeness (QED) is 0.673. The van der Waals surface area contributed by atoms with Crippen molar-refractivity contribution in [1.82, 2.24) is 4.90 Å². The fourth-order valence-corrected chi connectivity index (χ4v) is 4.41. The number of amidine groups is 1. The molecule has 0 saturated heterocycles. The van der Waals surface area contributed by atoms with Gasteiger partial charge in [-0.2, -0.15) is 0 Å². The summed E-state index contributed by atoms with van der Waals surface area (Å²) in [5, 5.41) is 12.7. The monoisotopic (exact) mass is 400 g/mol. The Hall–Kier alpha value is -0.720. The van der Waals surface area contributed by atoms with Crippen molar-refractivity contribution in [3.8, 4) is 5.75 Å². The minimum Gasteiger partial charge on any atom is -1.00 e. The maximum atomic E-state index is 11.5. The number of hydrogen-bond acceptors (Lipinski definition) is 4. The third kappa shape index (κ3) is 3.54. The van der Waals surface area contributed by atoms with Gasteiger partial charge in [0.05, 0.1) is 20.2 Å². The molecule has 2 aliphatic rings. The molecule has 0 bridgehead atoms. The van der Waals surface area contributed by atoms with Gasteiger partial charge in [0.25, 0.3) is 5.72 Å². The molecule has 0 radical (unpaired) electrons. The highest BCUT2D eigenvalue weighted by atomic mass is 79.9. The number of hydrogen-bond donors (Lipinski definition) is 1. The molecule has 3 rings (SSSR count). The predicted octanol–water partition coefficient (Wildman–Crippen LogP) is -0.535. The molecule has 0 spiro atoms. The molecule has 2 aliphatic heterocycles. The molecule has 1 aromatic carbocycles. The van der Waals surface area contributed by atoms with Gasteiger partial charge in [0.2, 0.25) is 0 Å². The summed E-state index contributed by atoms with van der Waals surface area (Å²) in [5.74, 6) is 1.97. The molecule has 4 nitrogen and oxygen atoms in total. The van der Waals surface area contributed by atoms with Crippen LogP contribution in [-0.4, -0.2) is 52.2 Å². The van der Waals surface area contributed by atoms with Crippen molar-refractivity contribution in [2.75, 3.05) is 32.5 Å². The number of rotatable bonds is 5. The van der Waals surface area contributed by atoms with E-state index >= 15 is 0 Å². The topological polar surface area (TPSA) is 35.7 Å². The molecule has 0 fully saturated rings. The van der Waals surface area contributed by atoms with E-state index in [4.69, 9.17) is 4.74 Å². The van der Waals surface area contributed by atoms with Crippen molar-refractivity contribution >= 4 is 16.9 Å². The Morgan fingerprint density at radius 1 is 1.35 bits per heavy atom. The number of unbranched alkanes of at least 4 members (excludes halogenated alkanes) is 1. The Bertz CT molecular complexity index is 564. The van der Waals surface area contributed by atoms with E-state index in [-0.39, 0.29) is 17.0 Å². The summed E-state index contributed by atoms with van der Waals surface area (Å²) < 4.78 is 7.58. The summed E-state index contributed by atoms with van der Waals surface area (Å²) in [6.45, 7) is 4.80. The second-order valence-electron chi connectivity index (χ2n) is 5.96. The summed E-state index contributed by atoms with van der Waals surface area (Å²) in [7, 11) is 1.67. The fraction of sp³-hybridized carbons (Fsp3) is 0.588. The van der Waals surface area contributed by atoms with Gasteiger partial charge in [-0.15, -0.1) is 0 Å². The van der Waals surface area contributed by atoms with Crippen molar-refractivity contribution in [2.24, 2.45) is 0 Å². The van der Waals surface area contributed by atoms with Crippen LogP contribution in [0.15, 0.2) is 24.3 Å². The van der Waals surface area contributed by atoms with Crippen LogP contribution in [0.2, 0.25) is 0 Å². The van der Waals surface area contributed by atoms with Crippen molar-refractivity contribution in [1.29, 1.82) is 0 Å². The number of aliphatic hydroxyl groups is 1. The normalized spacial score (nSPS) is 23.5. The van der Waals surface area contributed by atoms with Gasteiger partial charge in [-0.3, -0.25) is 0 Å². The van der Waals surface area contributed by atoms with Gasteiger partial charge in [0.15, 0.2) is 6.54 Å². The van der Waals surface area contributed by atoms with E-state index in [9.17, 15) is 5.11 Å². The van der Waals surface area contributed by atoms with Crippen LogP contribution in [0.25, 0.3) is 0 Å². The van der Waals surface area contributed by atoms with Gasteiger partial charge in [-0.1, -0.05) is 13.3 Å². The third-order valence-electron chi connectivity index (χ3n) is 4.45. The van der Waals surface area contributed by atoms with E-state index in [0.717, 1.165) is 43.0 Å². The maximum Gasteiger partial charge on any atom is 0.311 e. The Kier molecular flexibility index (Phi) is 6.40. The van der Waals surface area contributed by atoms with E-state index in [1.807, 2.05) is 36.0 Å². The van der Waals surface area contributed by atoms with Gasteiger partial charge in [0, 0.05) is 11.3 Å². The van der Waals surface area contributed by atoms with E-state index in [1.54, 1.807) is 7.11 Å². The zero-order chi connectivity index (χ0) is 15.6. The van der Waals surface area contributed by atoms with E-state index < -0.39 is 5.72 Å². The predicted molar refractivity (Wildman–Crippen MR) is 90.6 cm³/mol. The molecular weight excluding hydrogens is 376 g/mol. The molecule has 6 heteroatoms. The van der Waals surface area contributed by atoms with Crippen LogP contribution in [0.3, 0.4) is 0 Å². The van der Waals surface area contributed by atoms with Gasteiger partial charge >= 0.3 is 5.17 Å². The summed E-state index contributed by atoms with van der Waals surface area (Å²) in [4.78, 5) is 2.21. The van der Waals surface area contributed by atoms with Crippen LogP contribution in [0.4, 0.5) is 0 Å². The number of ether oxygens (including phenoxy) is 1. The average molecular weight is 401 g/mol. The molecule has 1 N–H and O–H groups in total. The Balaban J connectivity index is 0.00000192. The van der Waals surface area contributed by atoms with E-state index in [0.29, 0.717) is 6.54 Å². The zero-order valence-corrected chi connectivity index (χ0v) is 16.2. The van der Waals surface area contributed by atoms with Gasteiger partial charge < -0.3 is 26.8 Å². The number of halogens is 1. The third-order valence-corrected chi connectivity index (χ3v) is 5.68. The minimum absolute atomic E-state index is 0. The minimum atomic E-state index is -0.923. The lowest BCUT2D eigenvalue weighted by Gasteiger charge is -2.28. The van der Waals surface area contributed by atoms with E-state index in [1.165, 1.54) is 11.6 Å². The highest BCUT2D eigenvalue weighted by molar-refractivity contribution is 8.13. The molecule has 0 amide bonds. The molecule has 1 unspecified atom stereocenters. The summed E-state index contributed by atoms with van der Waals surface area (Å²) in [6.07, 6.45) is 3.41. The molecule has 2 heterocycles. The summed E-state index contributed by atoms with van der Waals surface area (Å²) >= 11 is 1.88. The Morgan fingerprint density at radius 2 is 2.09 bits per heavy atom. The molecule has 23 heavy (non-hydrogen) atoms. The van der Waals surface area contributed by atoms with Crippen molar-refractivity contribution in [2.45, 2.75) is 31.9 Å². The lowest BCUT2D eigenvalue weighted by molar-refractivity contribution is -0.532. The number of nitrogens with zero attached hydrogens (tertiary/aromatic N) is 2. The van der Waals surface area contributed by atoms with Crippen molar-refractivity contribution < 1.29 is 31.4 Å². The largest absolute Gasteiger partial charge is 1.00 e. The zero-order valence-electron chi connectivity index (χ0n) is 13.8. The maximum absolute atomic E-state index is 11.5. The highest BCUT2D eigenvalue weighted by Gasteiger charge is 2.53. The summed E-state index contributed by atoms with van der Waals surface area (Å²) in [6, 6.07) is 7.84. The molecule has 0 saturated carbocycles. The fourth-order valence-electron chi connectivity index (χ4n) is 3.21. The summed E-state index contributed by atoms with van der Waals surface area (Å²) in [5.41, 5.74) is 0.0283. The Labute approximate surface area is 153 Å². The van der Waals surface area contributed by atoms with Gasteiger partial charge in [0.1, 0.15) is 5.75 Å². The molecule has 0 aromatic heterocycles. The highest BCUT2D eigenvalue weighted by Crippen LogP contribution is 2.36. The lowest BCUT2D eigenvalue weighted by Crippen LogP contribution is -3.00. The van der Waals surface area contributed by atoms with Crippen molar-refractivity contribution in [3.63, 3.8) is 0 Å². The SMILES string of the molecule is CCCCN1C2=[N+](CCCS2)CC1(O)c1ccc(OC)cc1.[Br-]. The molecule has 1 atom stereocenters.